The molecule has 0 spiro atoms. The van der Waals surface area contributed by atoms with E-state index in [1.165, 1.54) is 23.0 Å². The zero-order valence-corrected chi connectivity index (χ0v) is 11.5. The second-order valence-electron chi connectivity index (χ2n) is 4.60. The van der Waals surface area contributed by atoms with Crippen molar-refractivity contribution in [3.8, 4) is 0 Å². The van der Waals surface area contributed by atoms with Crippen molar-refractivity contribution in [2.75, 3.05) is 5.32 Å². The molecule has 3 aromatic rings. The summed E-state index contributed by atoms with van der Waals surface area (Å²) in [5.41, 5.74) is 3.60. The molecule has 1 heterocycles. The minimum atomic E-state index is -0.263. The lowest BCUT2D eigenvalue weighted by Crippen LogP contribution is -1.93. The molecule has 3 rings (SSSR count). The highest BCUT2D eigenvalue weighted by atomic mass is 32.1. The molecule has 0 aliphatic carbocycles. The number of hydrogen-bond acceptors (Lipinski definition) is 3. The number of nitrogens with one attached hydrogen (secondary N) is 1. The Labute approximate surface area is 114 Å². The first-order valence-corrected chi connectivity index (χ1v) is 6.84. The Bertz CT molecular complexity index is 749. The minimum Gasteiger partial charge on any atom is -0.329 e. The average molecular weight is 272 g/mol. The van der Waals surface area contributed by atoms with Crippen LogP contribution >= 0.6 is 11.3 Å². The van der Waals surface area contributed by atoms with Crippen LogP contribution in [0.2, 0.25) is 0 Å². The van der Waals surface area contributed by atoms with Crippen LogP contribution in [0, 0.1) is 19.7 Å². The topological polar surface area (TPSA) is 24.9 Å². The number of fused-ring (bicyclic) bond motifs is 1. The van der Waals surface area contributed by atoms with Gasteiger partial charge < -0.3 is 5.32 Å². The maximum atomic E-state index is 13.7. The minimum absolute atomic E-state index is 0.263. The van der Waals surface area contributed by atoms with Gasteiger partial charge in [0.15, 0.2) is 5.13 Å². The Balaban J connectivity index is 1.98. The second-order valence-corrected chi connectivity index (χ2v) is 5.63. The molecule has 1 aromatic heterocycles. The lowest BCUT2D eigenvalue weighted by molar-refractivity contribution is 0.631. The Morgan fingerprint density at radius 1 is 1.05 bits per heavy atom. The molecule has 0 aliphatic rings. The van der Waals surface area contributed by atoms with Crippen molar-refractivity contribution in [3.05, 3.63) is 53.3 Å². The van der Waals surface area contributed by atoms with Crippen molar-refractivity contribution in [1.29, 1.82) is 0 Å². The normalized spacial score (nSPS) is 10.9. The smallest absolute Gasteiger partial charge is 0.188 e. The maximum Gasteiger partial charge on any atom is 0.188 e. The number of thiazole rings is 1. The third kappa shape index (κ3) is 2.44. The molecule has 19 heavy (non-hydrogen) atoms. The largest absolute Gasteiger partial charge is 0.329 e. The van der Waals surface area contributed by atoms with Crippen molar-refractivity contribution in [1.82, 2.24) is 4.98 Å². The highest BCUT2D eigenvalue weighted by molar-refractivity contribution is 7.22. The molecule has 0 saturated carbocycles. The lowest BCUT2D eigenvalue weighted by atomic mass is 10.2. The van der Waals surface area contributed by atoms with Crippen LogP contribution in [0.25, 0.3) is 10.2 Å². The van der Waals surface area contributed by atoms with Crippen LogP contribution < -0.4 is 5.32 Å². The van der Waals surface area contributed by atoms with Gasteiger partial charge in [0, 0.05) is 0 Å². The quantitative estimate of drug-likeness (QED) is 0.725. The molecule has 0 atom stereocenters. The zero-order chi connectivity index (χ0) is 13.4. The molecule has 0 bridgehead atoms. The third-order valence-corrected chi connectivity index (χ3v) is 3.86. The maximum absolute atomic E-state index is 13.7. The summed E-state index contributed by atoms with van der Waals surface area (Å²) in [5.74, 6) is -0.263. The average Bonchev–Trinajstić information content (AvgIpc) is 2.75. The third-order valence-electron chi connectivity index (χ3n) is 2.91. The van der Waals surface area contributed by atoms with Gasteiger partial charge in [-0.25, -0.2) is 9.37 Å². The first kappa shape index (κ1) is 12.1. The van der Waals surface area contributed by atoms with Crippen LogP contribution in [0.15, 0.2) is 36.4 Å². The van der Waals surface area contributed by atoms with Crippen molar-refractivity contribution in [3.63, 3.8) is 0 Å². The van der Waals surface area contributed by atoms with Crippen molar-refractivity contribution in [2.45, 2.75) is 13.8 Å². The van der Waals surface area contributed by atoms with E-state index in [0.29, 0.717) is 10.8 Å². The van der Waals surface area contributed by atoms with Crippen LogP contribution in [0.3, 0.4) is 0 Å². The highest BCUT2D eigenvalue weighted by Gasteiger charge is 2.07. The van der Waals surface area contributed by atoms with Crippen LogP contribution in [-0.4, -0.2) is 4.98 Å². The van der Waals surface area contributed by atoms with E-state index in [9.17, 15) is 4.39 Å². The second kappa shape index (κ2) is 4.63. The highest BCUT2D eigenvalue weighted by Crippen LogP contribution is 2.29. The summed E-state index contributed by atoms with van der Waals surface area (Å²) in [4.78, 5) is 4.48. The summed E-state index contributed by atoms with van der Waals surface area (Å²) in [7, 11) is 0. The Morgan fingerprint density at radius 2 is 1.79 bits per heavy atom. The lowest BCUT2D eigenvalue weighted by Gasteiger charge is -2.04. The number of hydrogen-bond donors (Lipinski definition) is 1. The fraction of sp³-hybridized carbons (Fsp3) is 0.133. The summed E-state index contributed by atoms with van der Waals surface area (Å²) >= 11 is 1.53. The monoisotopic (exact) mass is 272 g/mol. The Kier molecular flexibility index (Phi) is 2.95. The van der Waals surface area contributed by atoms with E-state index in [-0.39, 0.29) is 5.82 Å². The predicted octanol–water partition coefficient (Wildman–Crippen LogP) is 4.80. The first-order valence-electron chi connectivity index (χ1n) is 6.02. The number of nitrogens with zero attached hydrogens (tertiary/aromatic N) is 1. The molecule has 96 valence electrons. The fourth-order valence-corrected chi connectivity index (χ4v) is 2.80. The first-order chi connectivity index (χ1) is 9.11. The Morgan fingerprint density at radius 3 is 2.63 bits per heavy atom. The molecule has 0 amide bonds. The van der Waals surface area contributed by atoms with Gasteiger partial charge in [-0.2, -0.15) is 0 Å². The molecule has 0 radical (unpaired) electrons. The fourth-order valence-electron chi connectivity index (χ4n) is 1.94. The van der Waals surface area contributed by atoms with Gasteiger partial charge in [0.05, 0.1) is 15.9 Å². The van der Waals surface area contributed by atoms with E-state index in [0.717, 1.165) is 15.8 Å². The molecule has 0 fully saturated rings. The van der Waals surface area contributed by atoms with Gasteiger partial charge in [-0.1, -0.05) is 23.5 Å². The number of benzene rings is 2. The molecule has 0 aliphatic heterocycles. The van der Waals surface area contributed by atoms with E-state index in [2.05, 4.69) is 16.4 Å². The number of aryl methyl sites for hydroxylation is 2. The van der Waals surface area contributed by atoms with E-state index < -0.39 is 0 Å². The number of aromatic nitrogens is 1. The predicted molar refractivity (Wildman–Crippen MR) is 78.8 cm³/mol. The van der Waals surface area contributed by atoms with E-state index in [1.54, 1.807) is 12.1 Å². The van der Waals surface area contributed by atoms with Gasteiger partial charge in [-0.15, -0.1) is 0 Å². The Hall–Kier alpha value is -1.94. The van der Waals surface area contributed by atoms with Crippen LogP contribution in [0.1, 0.15) is 11.1 Å². The van der Waals surface area contributed by atoms with Crippen molar-refractivity contribution in [2.24, 2.45) is 0 Å². The van der Waals surface area contributed by atoms with E-state index >= 15 is 0 Å². The van der Waals surface area contributed by atoms with Gasteiger partial charge >= 0.3 is 0 Å². The van der Waals surface area contributed by atoms with Gasteiger partial charge in [-0.05, 0) is 49.2 Å². The number of rotatable bonds is 2. The molecule has 0 unspecified atom stereocenters. The molecule has 2 nitrogen and oxygen atoms in total. The molecular weight excluding hydrogens is 259 g/mol. The van der Waals surface area contributed by atoms with Crippen molar-refractivity contribution < 1.29 is 4.39 Å². The van der Waals surface area contributed by atoms with Crippen LogP contribution in [-0.2, 0) is 0 Å². The van der Waals surface area contributed by atoms with E-state index in [4.69, 9.17) is 0 Å². The summed E-state index contributed by atoms with van der Waals surface area (Å²) in [5, 5.41) is 3.77. The molecule has 1 N–H and O–H groups in total. The molecular formula is C15H13FN2S. The van der Waals surface area contributed by atoms with Gasteiger partial charge in [0.1, 0.15) is 5.82 Å². The van der Waals surface area contributed by atoms with Crippen LogP contribution in [0.4, 0.5) is 15.2 Å². The van der Waals surface area contributed by atoms with E-state index in [1.807, 2.05) is 26.0 Å². The molecule has 4 heteroatoms. The zero-order valence-electron chi connectivity index (χ0n) is 10.7. The number of halogens is 1. The number of anilines is 2. The SMILES string of the molecule is Cc1ccc(F)c(Nc2nc3cc(C)ccc3s2)c1. The summed E-state index contributed by atoms with van der Waals surface area (Å²) in [6, 6.07) is 11.1. The van der Waals surface area contributed by atoms with Gasteiger partial charge in [0.2, 0.25) is 0 Å². The summed E-state index contributed by atoms with van der Waals surface area (Å²) in [6.45, 7) is 3.97. The summed E-state index contributed by atoms with van der Waals surface area (Å²) < 4.78 is 14.8. The van der Waals surface area contributed by atoms with Crippen molar-refractivity contribution >= 4 is 32.4 Å². The van der Waals surface area contributed by atoms with Crippen LogP contribution in [0.5, 0.6) is 0 Å². The van der Waals surface area contributed by atoms with Gasteiger partial charge in [0.25, 0.3) is 0 Å². The van der Waals surface area contributed by atoms with Gasteiger partial charge in [-0.3, -0.25) is 0 Å². The molecule has 0 saturated heterocycles. The standard InChI is InChI=1S/C15H13FN2S/c1-9-3-5-11(16)12(7-9)17-15-18-13-8-10(2)4-6-14(13)19-15/h3-8H,1-2H3,(H,17,18). The summed E-state index contributed by atoms with van der Waals surface area (Å²) in [6.07, 6.45) is 0. The molecule has 2 aromatic carbocycles.